The molecule has 4 heteroatoms. The molecule has 0 bridgehead atoms. The zero-order valence-electron chi connectivity index (χ0n) is 19.7. The molecular formula is C27H46Cl2N2. The van der Waals surface area contributed by atoms with Crippen molar-refractivity contribution >= 4 is 24.0 Å². The molecule has 5 rings (SSSR count). The van der Waals surface area contributed by atoms with Gasteiger partial charge in [-0.15, -0.1) is 12.4 Å². The Kier molecular flexibility index (Phi) is 8.96. The molecule has 0 amide bonds. The molecule has 4 fully saturated rings. The Balaban J connectivity index is 0.00000231. The second-order valence-electron chi connectivity index (χ2n) is 11.2. The van der Waals surface area contributed by atoms with Crippen molar-refractivity contribution in [2.45, 2.75) is 159 Å². The number of rotatable bonds is 6. The average molecular weight is 470 g/mol. The highest BCUT2D eigenvalue weighted by atomic mass is 35.5. The molecule has 2 nitrogen and oxygen atoms in total. The van der Waals surface area contributed by atoms with E-state index in [0.717, 1.165) is 24.2 Å². The summed E-state index contributed by atoms with van der Waals surface area (Å²) in [6.07, 6.45) is 28.5. The van der Waals surface area contributed by atoms with Gasteiger partial charge in [0.1, 0.15) is 0 Å². The summed E-state index contributed by atoms with van der Waals surface area (Å²) in [5.74, 6) is 0. The van der Waals surface area contributed by atoms with Gasteiger partial charge in [-0.1, -0.05) is 88.7 Å². The van der Waals surface area contributed by atoms with Crippen LogP contribution in [0.1, 0.15) is 128 Å². The van der Waals surface area contributed by atoms with Crippen LogP contribution in [0.3, 0.4) is 0 Å². The molecule has 0 spiro atoms. The van der Waals surface area contributed by atoms with E-state index < -0.39 is 0 Å². The quantitative estimate of drug-likeness (QED) is 0.387. The van der Waals surface area contributed by atoms with Crippen molar-refractivity contribution in [1.82, 2.24) is 9.80 Å². The predicted octanol–water partition coefficient (Wildman–Crippen LogP) is 8.18. The fourth-order valence-electron chi connectivity index (χ4n) is 7.60. The van der Waals surface area contributed by atoms with Gasteiger partial charge in [-0.05, 0) is 51.4 Å². The van der Waals surface area contributed by atoms with Crippen molar-refractivity contribution < 1.29 is 0 Å². The van der Waals surface area contributed by atoms with E-state index in [1.807, 2.05) is 0 Å². The summed E-state index contributed by atoms with van der Waals surface area (Å²) < 4.78 is 0. The Hall–Kier alpha value is 0.0800. The Morgan fingerprint density at radius 1 is 0.484 bits per heavy atom. The molecule has 0 radical (unpaired) electrons. The van der Waals surface area contributed by atoms with Gasteiger partial charge in [0.15, 0.2) is 0 Å². The van der Waals surface area contributed by atoms with Crippen LogP contribution in [0, 0.1) is 0 Å². The summed E-state index contributed by atoms with van der Waals surface area (Å²) in [7, 11) is 0. The standard InChI is InChI=1S/C27H45ClN2.ClH/c28-25-26(29(21-13-5-1-6-14-21)22-15-7-2-8-16-22)27(25)30(23-17-9-3-10-18-23)24-19-11-4-12-20-24;/h21-24,26H,1-20H2;1H. The molecule has 0 saturated heterocycles. The first-order chi connectivity index (χ1) is 14.8. The largest absolute Gasteiger partial charge is 0.366 e. The zero-order chi connectivity index (χ0) is 20.3. The van der Waals surface area contributed by atoms with Crippen molar-refractivity contribution in [1.29, 1.82) is 0 Å². The third-order valence-electron chi connectivity index (χ3n) is 9.17. The minimum Gasteiger partial charge on any atom is -0.366 e. The first kappa shape index (κ1) is 24.2. The molecule has 31 heavy (non-hydrogen) atoms. The molecule has 4 saturated carbocycles. The molecule has 1 unspecified atom stereocenters. The fourth-order valence-corrected chi connectivity index (χ4v) is 7.96. The lowest BCUT2D eigenvalue weighted by Gasteiger charge is -2.46. The van der Waals surface area contributed by atoms with Gasteiger partial charge in [0.25, 0.3) is 0 Å². The van der Waals surface area contributed by atoms with Gasteiger partial charge in [-0.2, -0.15) is 0 Å². The molecule has 5 aliphatic carbocycles. The van der Waals surface area contributed by atoms with Gasteiger partial charge >= 0.3 is 0 Å². The van der Waals surface area contributed by atoms with E-state index in [4.69, 9.17) is 11.6 Å². The average Bonchev–Trinajstić information content (AvgIpc) is 3.46. The first-order valence-electron chi connectivity index (χ1n) is 13.8. The maximum atomic E-state index is 7.18. The normalized spacial score (nSPS) is 29.8. The topological polar surface area (TPSA) is 6.48 Å². The molecular weight excluding hydrogens is 423 g/mol. The van der Waals surface area contributed by atoms with Crippen LogP contribution < -0.4 is 0 Å². The Bertz CT molecular complexity index is 546. The lowest BCUT2D eigenvalue weighted by Crippen LogP contribution is -2.50. The highest BCUT2D eigenvalue weighted by Crippen LogP contribution is 2.50. The summed E-state index contributed by atoms with van der Waals surface area (Å²) in [6, 6.07) is 3.61. The Labute approximate surface area is 202 Å². The molecule has 0 heterocycles. The van der Waals surface area contributed by atoms with Crippen LogP contribution in [0.5, 0.6) is 0 Å². The molecule has 0 aromatic rings. The van der Waals surface area contributed by atoms with Gasteiger partial charge < -0.3 is 4.90 Å². The van der Waals surface area contributed by atoms with Crippen LogP contribution in [0.4, 0.5) is 0 Å². The fraction of sp³-hybridized carbons (Fsp3) is 0.926. The molecule has 0 N–H and O–H groups in total. The van der Waals surface area contributed by atoms with Crippen LogP contribution in [0.25, 0.3) is 0 Å². The second kappa shape index (κ2) is 11.5. The van der Waals surface area contributed by atoms with E-state index in [9.17, 15) is 0 Å². The summed E-state index contributed by atoms with van der Waals surface area (Å²) >= 11 is 7.18. The Morgan fingerprint density at radius 2 is 0.806 bits per heavy atom. The highest BCUT2D eigenvalue weighted by molar-refractivity contribution is 6.34. The van der Waals surface area contributed by atoms with E-state index in [-0.39, 0.29) is 12.4 Å². The van der Waals surface area contributed by atoms with Crippen molar-refractivity contribution in [2.75, 3.05) is 0 Å². The lowest BCUT2D eigenvalue weighted by atomic mass is 9.87. The van der Waals surface area contributed by atoms with Crippen molar-refractivity contribution in [2.24, 2.45) is 0 Å². The molecule has 0 aromatic carbocycles. The van der Waals surface area contributed by atoms with Crippen LogP contribution in [0.15, 0.2) is 10.7 Å². The van der Waals surface area contributed by atoms with Gasteiger partial charge in [0.2, 0.25) is 0 Å². The van der Waals surface area contributed by atoms with Crippen LogP contribution >= 0.6 is 24.0 Å². The van der Waals surface area contributed by atoms with E-state index >= 15 is 0 Å². The third kappa shape index (κ3) is 5.43. The summed E-state index contributed by atoms with van der Waals surface area (Å²) in [5, 5.41) is 1.25. The van der Waals surface area contributed by atoms with Crippen molar-refractivity contribution in [3.63, 3.8) is 0 Å². The van der Waals surface area contributed by atoms with Gasteiger partial charge in [-0.25, -0.2) is 0 Å². The molecule has 178 valence electrons. The minimum atomic E-state index is 0. The van der Waals surface area contributed by atoms with E-state index in [1.54, 1.807) is 5.70 Å². The van der Waals surface area contributed by atoms with Crippen LogP contribution in [0.2, 0.25) is 0 Å². The third-order valence-corrected chi connectivity index (χ3v) is 9.57. The van der Waals surface area contributed by atoms with Crippen LogP contribution in [-0.2, 0) is 0 Å². The smallest absolute Gasteiger partial charge is 0.0896 e. The summed E-state index contributed by atoms with van der Waals surface area (Å²) in [4.78, 5) is 5.94. The number of hydrogen-bond acceptors (Lipinski definition) is 2. The zero-order valence-corrected chi connectivity index (χ0v) is 21.3. The SMILES string of the molecule is Cl.ClC1=C(N(C2CCCCC2)C2CCCCC2)C1N(C1CCCCC1)C1CCCCC1. The van der Waals surface area contributed by atoms with Gasteiger partial charge in [0.05, 0.1) is 16.8 Å². The number of hydrogen-bond donors (Lipinski definition) is 0. The van der Waals surface area contributed by atoms with E-state index in [1.165, 1.54) is 133 Å². The Morgan fingerprint density at radius 3 is 1.16 bits per heavy atom. The summed E-state index contributed by atoms with van der Waals surface area (Å²) in [6.45, 7) is 0. The predicted molar refractivity (Wildman–Crippen MR) is 135 cm³/mol. The highest BCUT2D eigenvalue weighted by Gasteiger charge is 2.51. The molecule has 1 atom stereocenters. The first-order valence-corrected chi connectivity index (χ1v) is 14.2. The molecule has 0 aromatic heterocycles. The number of halogens is 2. The van der Waals surface area contributed by atoms with Crippen LogP contribution in [-0.4, -0.2) is 40.0 Å². The second-order valence-corrected chi connectivity index (χ2v) is 11.6. The van der Waals surface area contributed by atoms with Crippen molar-refractivity contribution in [3.05, 3.63) is 10.7 Å². The van der Waals surface area contributed by atoms with Gasteiger partial charge in [-0.3, -0.25) is 4.90 Å². The molecule has 5 aliphatic rings. The van der Waals surface area contributed by atoms with Gasteiger partial charge in [0, 0.05) is 24.2 Å². The minimum absolute atomic E-state index is 0. The maximum Gasteiger partial charge on any atom is 0.0896 e. The monoisotopic (exact) mass is 468 g/mol. The maximum absolute atomic E-state index is 7.18. The van der Waals surface area contributed by atoms with E-state index in [2.05, 4.69) is 9.80 Å². The number of nitrogens with zero attached hydrogens (tertiary/aromatic N) is 2. The van der Waals surface area contributed by atoms with E-state index in [0.29, 0.717) is 6.04 Å². The molecule has 0 aliphatic heterocycles. The van der Waals surface area contributed by atoms with Crippen molar-refractivity contribution in [3.8, 4) is 0 Å². The lowest BCUT2D eigenvalue weighted by molar-refractivity contribution is 0.0576. The summed E-state index contributed by atoms with van der Waals surface area (Å²) in [5.41, 5.74) is 1.60.